The van der Waals surface area contributed by atoms with Crippen molar-refractivity contribution < 1.29 is 0 Å². The number of hydrogen-bond acceptors (Lipinski definition) is 2. The van der Waals surface area contributed by atoms with Gasteiger partial charge in [0.05, 0.1) is 0 Å². The van der Waals surface area contributed by atoms with Crippen LogP contribution in [0, 0.1) is 16.7 Å². The maximum Gasteiger partial charge on any atom is 0.0271 e. The first-order chi connectivity index (χ1) is 8.11. The first-order valence-corrected chi connectivity index (χ1v) is 7.52. The molecule has 0 radical (unpaired) electrons. The lowest BCUT2D eigenvalue weighted by Gasteiger charge is -2.42. The molecule has 2 bridgehead atoms. The molecule has 1 N–H and O–H groups in total. The molecule has 18 heavy (non-hydrogen) atoms. The molecule has 2 saturated carbocycles. The predicted octanol–water partition coefficient (Wildman–Crippen LogP) is 3.13. The van der Waals surface area contributed by atoms with Crippen molar-refractivity contribution in [2.24, 2.45) is 16.7 Å². The molecule has 0 saturated heterocycles. The summed E-state index contributed by atoms with van der Waals surface area (Å²) in [5.74, 6) is 0.933. The molecular formula is C16H32N2. The summed E-state index contributed by atoms with van der Waals surface area (Å²) in [5.41, 5.74) is 1.26. The Labute approximate surface area is 114 Å². The fourth-order valence-electron chi connectivity index (χ4n) is 4.04. The molecular weight excluding hydrogens is 220 g/mol. The van der Waals surface area contributed by atoms with Gasteiger partial charge in [0.2, 0.25) is 0 Å². The maximum absolute atomic E-state index is 3.89. The van der Waals surface area contributed by atoms with E-state index in [0.717, 1.165) is 12.5 Å². The van der Waals surface area contributed by atoms with Crippen LogP contribution in [-0.4, -0.2) is 37.1 Å². The topological polar surface area (TPSA) is 15.3 Å². The van der Waals surface area contributed by atoms with Gasteiger partial charge in [-0.2, -0.15) is 0 Å². The van der Waals surface area contributed by atoms with Crippen molar-refractivity contribution in [3.8, 4) is 0 Å². The summed E-state index contributed by atoms with van der Waals surface area (Å²) in [7, 11) is 4.35. The maximum atomic E-state index is 3.89. The van der Waals surface area contributed by atoms with Gasteiger partial charge < -0.3 is 10.2 Å². The van der Waals surface area contributed by atoms with Crippen LogP contribution in [0.3, 0.4) is 0 Å². The molecule has 2 nitrogen and oxygen atoms in total. The van der Waals surface area contributed by atoms with E-state index in [2.05, 4.69) is 58.9 Å². The third-order valence-electron chi connectivity index (χ3n) is 6.79. The van der Waals surface area contributed by atoms with E-state index in [9.17, 15) is 0 Å². The molecule has 0 aromatic rings. The van der Waals surface area contributed by atoms with E-state index in [1.54, 1.807) is 0 Å². The average Bonchev–Trinajstić information content (AvgIpc) is 2.58. The van der Waals surface area contributed by atoms with Gasteiger partial charge in [-0.05, 0) is 64.0 Å². The monoisotopic (exact) mass is 252 g/mol. The molecule has 2 aliphatic rings. The van der Waals surface area contributed by atoms with Crippen molar-refractivity contribution >= 4 is 0 Å². The van der Waals surface area contributed by atoms with E-state index in [1.807, 2.05) is 0 Å². The minimum atomic E-state index is 0.238. The summed E-state index contributed by atoms with van der Waals surface area (Å²) in [5, 5.41) is 3.89. The number of nitrogens with zero attached hydrogens (tertiary/aromatic N) is 1. The number of nitrogens with one attached hydrogen (secondary N) is 1. The highest BCUT2D eigenvalue weighted by molar-refractivity contribution is 5.13. The van der Waals surface area contributed by atoms with Gasteiger partial charge in [-0.3, -0.25) is 0 Å². The molecule has 2 fully saturated rings. The second kappa shape index (κ2) is 4.21. The average molecular weight is 252 g/mol. The Balaban J connectivity index is 2.01. The highest BCUT2D eigenvalue weighted by atomic mass is 15.2. The van der Waals surface area contributed by atoms with Gasteiger partial charge >= 0.3 is 0 Å². The zero-order valence-electron chi connectivity index (χ0n) is 13.4. The van der Waals surface area contributed by atoms with Crippen molar-refractivity contribution in [2.45, 2.75) is 65.5 Å². The third kappa shape index (κ3) is 1.92. The fraction of sp³-hybridized carbons (Fsp3) is 1.00. The van der Waals surface area contributed by atoms with Gasteiger partial charge in [-0.1, -0.05) is 20.8 Å². The molecule has 0 aromatic heterocycles. The Hall–Kier alpha value is -0.0800. The summed E-state index contributed by atoms with van der Waals surface area (Å²) in [6.45, 7) is 13.2. The van der Waals surface area contributed by atoms with Crippen LogP contribution in [0.25, 0.3) is 0 Å². The fourth-order valence-corrected chi connectivity index (χ4v) is 4.04. The zero-order chi connectivity index (χ0) is 13.8. The SMILES string of the molecule is CN(C)C(C)(C)CNC1CC2CCC1(C)C2(C)C. The van der Waals surface area contributed by atoms with E-state index in [-0.39, 0.29) is 5.54 Å². The highest BCUT2D eigenvalue weighted by Crippen LogP contribution is 2.65. The Morgan fingerprint density at radius 2 is 1.83 bits per heavy atom. The summed E-state index contributed by atoms with van der Waals surface area (Å²) < 4.78 is 0. The Bertz CT molecular complexity index is 319. The second-order valence-electron chi connectivity index (χ2n) is 8.25. The lowest BCUT2D eigenvalue weighted by atomic mass is 9.69. The van der Waals surface area contributed by atoms with Gasteiger partial charge in [0.25, 0.3) is 0 Å². The van der Waals surface area contributed by atoms with E-state index in [4.69, 9.17) is 0 Å². The molecule has 106 valence electrons. The molecule has 3 unspecified atom stereocenters. The van der Waals surface area contributed by atoms with Crippen LogP contribution in [0.15, 0.2) is 0 Å². The minimum absolute atomic E-state index is 0.238. The van der Waals surface area contributed by atoms with Crippen molar-refractivity contribution in [2.75, 3.05) is 20.6 Å². The summed E-state index contributed by atoms with van der Waals surface area (Å²) in [4.78, 5) is 2.32. The lowest BCUT2D eigenvalue weighted by Crippen LogP contribution is -2.53. The molecule has 3 atom stereocenters. The molecule has 2 heteroatoms. The lowest BCUT2D eigenvalue weighted by molar-refractivity contribution is 0.107. The quantitative estimate of drug-likeness (QED) is 0.827. The zero-order valence-corrected chi connectivity index (χ0v) is 13.4. The van der Waals surface area contributed by atoms with Crippen molar-refractivity contribution in [1.82, 2.24) is 10.2 Å². The Morgan fingerprint density at radius 3 is 2.22 bits per heavy atom. The van der Waals surface area contributed by atoms with Gasteiger partial charge in [0.15, 0.2) is 0 Å². The van der Waals surface area contributed by atoms with E-state index >= 15 is 0 Å². The van der Waals surface area contributed by atoms with Gasteiger partial charge in [0, 0.05) is 18.1 Å². The third-order valence-corrected chi connectivity index (χ3v) is 6.79. The molecule has 0 spiro atoms. The highest BCUT2D eigenvalue weighted by Gasteiger charge is 2.61. The number of hydrogen-bond donors (Lipinski definition) is 1. The van der Waals surface area contributed by atoms with Gasteiger partial charge in [-0.15, -0.1) is 0 Å². The number of rotatable bonds is 4. The number of fused-ring (bicyclic) bond motifs is 2. The smallest absolute Gasteiger partial charge is 0.0271 e. The van der Waals surface area contributed by atoms with Gasteiger partial charge in [0.1, 0.15) is 0 Å². The normalized spacial score (nSPS) is 38.7. The summed E-state index contributed by atoms with van der Waals surface area (Å²) >= 11 is 0. The second-order valence-corrected chi connectivity index (χ2v) is 8.25. The van der Waals surface area contributed by atoms with E-state index in [1.165, 1.54) is 19.3 Å². The molecule has 2 aliphatic carbocycles. The van der Waals surface area contributed by atoms with Crippen LogP contribution < -0.4 is 5.32 Å². The Morgan fingerprint density at radius 1 is 1.22 bits per heavy atom. The van der Waals surface area contributed by atoms with Crippen molar-refractivity contribution in [1.29, 1.82) is 0 Å². The summed E-state index contributed by atoms with van der Waals surface area (Å²) in [6, 6.07) is 0.713. The van der Waals surface area contributed by atoms with E-state index in [0.29, 0.717) is 16.9 Å². The standard InChI is InChI=1S/C16H32N2/c1-14(2,18(6)7)11-17-13-10-12-8-9-16(13,5)15(12,3)4/h12-13,17H,8-11H2,1-7H3. The first kappa shape index (κ1) is 14.3. The minimum Gasteiger partial charge on any atom is -0.312 e. The largest absolute Gasteiger partial charge is 0.312 e. The first-order valence-electron chi connectivity index (χ1n) is 7.52. The van der Waals surface area contributed by atoms with Crippen LogP contribution in [-0.2, 0) is 0 Å². The molecule has 2 rings (SSSR count). The van der Waals surface area contributed by atoms with Crippen LogP contribution in [0.1, 0.15) is 53.9 Å². The van der Waals surface area contributed by atoms with Gasteiger partial charge in [-0.25, -0.2) is 0 Å². The van der Waals surface area contributed by atoms with Crippen molar-refractivity contribution in [3.05, 3.63) is 0 Å². The molecule has 0 aliphatic heterocycles. The molecule has 0 amide bonds. The van der Waals surface area contributed by atoms with Crippen LogP contribution >= 0.6 is 0 Å². The Kier molecular flexibility index (Phi) is 3.35. The molecule has 0 heterocycles. The van der Waals surface area contributed by atoms with Crippen molar-refractivity contribution in [3.63, 3.8) is 0 Å². The number of likely N-dealkylation sites (N-methyl/N-ethyl adjacent to an activating group) is 1. The van der Waals surface area contributed by atoms with Crippen LogP contribution in [0.5, 0.6) is 0 Å². The molecule has 0 aromatic carbocycles. The predicted molar refractivity (Wildman–Crippen MR) is 78.8 cm³/mol. The van der Waals surface area contributed by atoms with Crippen LogP contribution in [0.4, 0.5) is 0 Å². The van der Waals surface area contributed by atoms with E-state index < -0.39 is 0 Å². The van der Waals surface area contributed by atoms with Crippen LogP contribution in [0.2, 0.25) is 0 Å². The summed E-state index contributed by atoms with van der Waals surface area (Å²) in [6.07, 6.45) is 4.23.